The van der Waals surface area contributed by atoms with Crippen molar-refractivity contribution in [1.29, 1.82) is 0 Å². The van der Waals surface area contributed by atoms with Crippen LogP contribution in [-0.4, -0.2) is 31.6 Å². The van der Waals surface area contributed by atoms with Gasteiger partial charge in [-0.15, -0.1) is 0 Å². The van der Waals surface area contributed by atoms with Gasteiger partial charge in [-0.3, -0.25) is 4.90 Å². The van der Waals surface area contributed by atoms with Crippen LogP contribution in [-0.2, 0) is 0 Å². The molecule has 0 amide bonds. The molecule has 0 aromatic heterocycles. The Balaban J connectivity index is 2.30. The number of benzene rings is 1. The molecule has 2 nitrogen and oxygen atoms in total. The highest BCUT2D eigenvalue weighted by molar-refractivity contribution is 5.33. The summed E-state index contributed by atoms with van der Waals surface area (Å²) in [4.78, 5) is 2.44. The molecule has 1 unspecified atom stereocenters. The lowest BCUT2D eigenvalue weighted by Gasteiger charge is -2.34. The lowest BCUT2D eigenvalue weighted by atomic mass is 9.97. The van der Waals surface area contributed by atoms with E-state index >= 15 is 0 Å². The summed E-state index contributed by atoms with van der Waals surface area (Å²) in [5.41, 5.74) is 4.24. The van der Waals surface area contributed by atoms with Gasteiger partial charge in [-0.25, -0.2) is 0 Å². The maximum Gasteiger partial charge on any atom is 0.0472 e. The normalized spacial score (nSPS) is 23.0. The maximum absolute atomic E-state index is 3.47. The molecule has 0 bridgehead atoms. The van der Waals surface area contributed by atoms with E-state index in [9.17, 15) is 0 Å². The fourth-order valence-corrected chi connectivity index (χ4v) is 2.27. The zero-order chi connectivity index (χ0) is 10.8. The molecule has 0 saturated carbocycles. The molecular weight excluding hydrogens is 184 g/mol. The number of hydrogen-bond donors (Lipinski definition) is 1. The predicted octanol–water partition coefficient (Wildman–Crippen LogP) is 1.88. The summed E-state index contributed by atoms with van der Waals surface area (Å²) in [7, 11) is 2.22. The van der Waals surface area contributed by atoms with Crippen molar-refractivity contribution in [3.05, 3.63) is 34.9 Å². The highest BCUT2D eigenvalue weighted by atomic mass is 15.2. The number of aryl methyl sites for hydroxylation is 2. The molecule has 0 spiro atoms. The van der Waals surface area contributed by atoms with Gasteiger partial charge in [0, 0.05) is 25.7 Å². The molecular formula is C13H20N2. The first-order valence-corrected chi connectivity index (χ1v) is 5.66. The summed E-state index contributed by atoms with van der Waals surface area (Å²) >= 11 is 0. The minimum atomic E-state index is 0.540. The van der Waals surface area contributed by atoms with Crippen molar-refractivity contribution in [2.75, 3.05) is 26.7 Å². The first-order valence-electron chi connectivity index (χ1n) is 5.66. The number of nitrogens with zero attached hydrogens (tertiary/aromatic N) is 1. The Hall–Kier alpha value is -0.860. The van der Waals surface area contributed by atoms with Gasteiger partial charge in [0.1, 0.15) is 0 Å². The number of hydrogen-bond acceptors (Lipinski definition) is 2. The van der Waals surface area contributed by atoms with E-state index in [2.05, 4.69) is 49.3 Å². The van der Waals surface area contributed by atoms with Crippen LogP contribution < -0.4 is 5.32 Å². The molecule has 1 aliphatic rings. The molecule has 0 aliphatic carbocycles. The Morgan fingerprint density at radius 1 is 1.33 bits per heavy atom. The average molecular weight is 204 g/mol. The summed E-state index contributed by atoms with van der Waals surface area (Å²) in [5.74, 6) is 0. The Kier molecular flexibility index (Phi) is 3.08. The minimum Gasteiger partial charge on any atom is -0.314 e. The highest BCUT2D eigenvalue weighted by Gasteiger charge is 2.21. The highest BCUT2D eigenvalue weighted by Crippen LogP contribution is 2.24. The smallest absolute Gasteiger partial charge is 0.0472 e. The SMILES string of the molecule is Cc1ccc(C)c(C2CNCCN2C)c1. The van der Waals surface area contributed by atoms with E-state index in [1.54, 1.807) is 0 Å². The molecule has 2 rings (SSSR count). The van der Waals surface area contributed by atoms with E-state index in [1.165, 1.54) is 16.7 Å². The van der Waals surface area contributed by atoms with Crippen molar-refractivity contribution in [1.82, 2.24) is 10.2 Å². The molecule has 1 aromatic rings. The molecule has 0 radical (unpaired) electrons. The number of piperazine rings is 1. The van der Waals surface area contributed by atoms with Crippen LogP contribution in [0.5, 0.6) is 0 Å². The molecule has 82 valence electrons. The van der Waals surface area contributed by atoms with E-state index in [1.807, 2.05) is 0 Å². The van der Waals surface area contributed by atoms with Crippen LogP contribution >= 0.6 is 0 Å². The maximum atomic E-state index is 3.47. The van der Waals surface area contributed by atoms with Crippen molar-refractivity contribution in [2.24, 2.45) is 0 Å². The molecule has 1 aromatic carbocycles. The third kappa shape index (κ3) is 2.21. The van der Waals surface area contributed by atoms with Crippen molar-refractivity contribution in [3.8, 4) is 0 Å². The van der Waals surface area contributed by atoms with Gasteiger partial charge in [-0.2, -0.15) is 0 Å². The van der Waals surface area contributed by atoms with Crippen LogP contribution in [0.3, 0.4) is 0 Å². The van der Waals surface area contributed by atoms with Crippen LogP contribution in [0, 0.1) is 13.8 Å². The topological polar surface area (TPSA) is 15.3 Å². The first-order chi connectivity index (χ1) is 7.18. The van der Waals surface area contributed by atoms with Crippen LogP contribution in [0.1, 0.15) is 22.7 Å². The summed E-state index contributed by atoms with van der Waals surface area (Å²) in [6, 6.07) is 7.28. The van der Waals surface area contributed by atoms with E-state index in [-0.39, 0.29) is 0 Å². The third-order valence-corrected chi connectivity index (χ3v) is 3.30. The van der Waals surface area contributed by atoms with E-state index in [0.29, 0.717) is 6.04 Å². The second-order valence-electron chi connectivity index (χ2n) is 4.56. The zero-order valence-corrected chi connectivity index (χ0v) is 9.88. The average Bonchev–Trinajstić information content (AvgIpc) is 2.23. The van der Waals surface area contributed by atoms with Gasteiger partial charge < -0.3 is 5.32 Å². The van der Waals surface area contributed by atoms with E-state index < -0.39 is 0 Å². The zero-order valence-electron chi connectivity index (χ0n) is 9.88. The largest absolute Gasteiger partial charge is 0.314 e. The van der Waals surface area contributed by atoms with Gasteiger partial charge in [-0.05, 0) is 32.0 Å². The fourth-order valence-electron chi connectivity index (χ4n) is 2.27. The van der Waals surface area contributed by atoms with E-state index in [0.717, 1.165) is 19.6 Å². The van der Waals surface area contributed by atoms with Crippen molar-refractivity contribution in [2.45, 2.75) is 19.9 Å². The Morgan fingerprint density at radius 2 is 2.13 bits per heavy atom. The minimum absolute atomic E-state index is 0.540. The van der Waals surface area contributed by atoms with Gasteiger partial charge >= 0.3 is 0 Å². The molecule has 1 aliphatic heterocycles. The summed E-state index contributed by atoms with van der Waals surface area (Å²) in [6.45, 7) is 7.69. The molecule has 2 heteroatoms. The Labute approximate surface area is 92.3 Å². The second-order valence-corrected chi connectivity index (χ2v) is 4.56. The molecule has 1 fully saturated rings. The standard InChI is InChI=1S/C13H20N2/c1-10-4-5-11(2)12(8-10)13-9-14-6-7-15(13)3/h4-5,8,13-14H,6-7,9H2,1-3H3. The monoisotopic (exact) mass is 204 g/mol. The molecule has 15 heavy (non-hydrogen) atoms. The van der Waals surface area contributed by atoms with Crippen molar-refractivity contribution in [3.63, 3.8) is 0 Å². The van der Waals surface area contributed by atoms with Gasteiger partial charge in [-0.1, -0.05) is 23.8 Å². The van der Waals surface area contributed by atoms with Gasteiger partial charge in [0.2, 0.25) is 0 Å². The van der Waals surface area contributed by atoms with Gasteiger partial charge in [0.15, 0.2) is 0 Å². The fraction of sp³-hybridized carbons (Fsp3) is 0.538. The summed E-state index contributed by atoms with van der Waals surface area (Å²) < 4.78 is 0. The Bertz CT molecular complexity index is 346. The van der Waals surface area contributed by atoms with Crippen molar-refractivity contribution >= 4 is 0 Å². The van der Waals surface area contributed by atoms with Crippen LogP contribution in [0.2, 0.25) is 0 Å². The predicted molar refractivity (Wildman–Crippen MR) is 64.2 cm³/mol. The van der Waals surface area contributed by atoms with Gasteiger partial charge in [0.25, 0.3) is 0 Å². The molecule has 1 heterocycles. The second kappa shape index (κ2) is 4.33. The number of likely N-dealkylation sites (N-methyl/N-ethyl adjacent to an activating group) is 1. The molecule has 1 saturated heterocycles. The van der Waals surface area contributed by atoms with Crippen LogP contribution in [0.4, 0.5) is 0 Å². The first kappa shape index (κ1) is 10.7. The summed E-state index contributed by atoms with van der Waals surface area (Å²) in [6.07, 6.45) is 0. The quantitative estimate of drug-likeness (QED) is 0.751. The van der Waals surface area contributed by atoms with Crippen molar-refractivity contribution < 1.29 is 0 Å². The van der Waals surface area contributed by atoms with Crippen LogP contribution in [0.15, 0.2) is 18.2 Å². The van der Waals surface area contributed by atoms with Gasteiger partial charge in [0.05, 0.1) is 0 Å². The molecule has 1 N–H and O–H groups in total. The van der Waals surface area contributed by atoms with Crippen LogP contribution in [0.25, 0.3) is 0 Å². The number of nitrogens with one attached hydrogen (secondary N) is 1. The lowest BCUT2D eigenvalue weighted by Crippen LogP contribution is -2.44. The number of rotatable bonds is 1. The summed E-state index contributed by atoms with van der Waals surface area (Å²) in [5, 5.41) is 3.47. The Morgan fingerprint density at radius 3 is 2.87 bits per heavy atom. The lowest BCUT2D eigenvalue weighted by molar-refractivity contribution is 0.201. The molecule has 1 atom stereocenters. The third-order valence-electron chi connectivity index (χ3n) is 3.30. The van der Waals surface area contributed by atoms with E-state index in [4.69, 9.17) is 0 Å².